The number of nitrogens with zero attached hydrogens (tertiary/aromatic N) is 2. The minimum Gasteiger partial charge on any atom is -0.275 e. The van der Waals surface area contributed by atoms with Crippen molar-refractivity contribution >= 4 is 15.9 Å². The van der Waals surface area contributed by atoms with E-state index in [0.717, 1.165) is 17.2 Å². The van der Waals surface area contributed by atoms with Gasteiger partial charge in [0.05, 0.1) is 5.69 Å². The van der Waals surface area contributed by atoms with Crippen LogP contribution in [0.5, 0.6) is 0 Å². The second-order valence-corrected chi connectivity index (χ2v) is 6.26. The van der Waals surface area contributed by atoms with E-state index in [1.165, 1.54) is 17.7 Å². The van der Waals surface area contributed by atoms with Gasteiger partial charge in [-0.3, -0.25) is 4.68 Å². The molecule has 0 aromatic carbocycles. The summed E-state index contributed by atoms with van der Waals surface area (Å²) in [5.41, 5.74) is 2.91. The van der Waals surface area contributed by atoms with Crippen molar-refractivity contribution in [3.63, 3.8) is 0 Å². The molecule has 15 heavy (non-hydrogen) atoms. The Morgan fingerprint density at radius 1 is 1.53 bits per heavy atom. The third kappa shape index (κ3) is 2.12. The lowest BCUT2D eigenvalue weighted by atomic mass is 9.88. The summed E-state index contributed by atoms with van der Waals surface area (Å²) >= 11 is 3.57. The molecule has 2 unspecified atom stereocenters. The normalized spacial score (nSPS) is 25.7. The Bertz CT molecular complexity index is 362. The fourth-order valence-electron chi connectivity index (χ4n) is 2.16. The molecule has 2 nitrogen and oxygen atoms in total. The molecule has 1 aromatic heterocycles. The van der Waals surface area contributed by atoms with Crippen LogP contribution in [0, 0.1) is 5.92 Å². The van der Waals surface area contributed by atoms with Gasteiger partial charge in [-0.2, -0.15) is 5.10 Å². The Kier molecular flexibility index (Phi) is 2.70. The molecular formula is C12H19BrN2. The van der Waals surface area contributed by atoms with Crippen LogP contribution in [0.4, 0.5) is 0 Å². The molecule has 3 heteroatoms. The average Bonchev–Trinajstić information content (AvgIpc) is 2.80. The monoisotopic (exact) mass is 270 g/mol. The molecule has 0 N–H and O–H groups in total. The molecule has 0 saturated heterocycles. The van der Waals surface area contributed by atoms with Gasteiger partial charge in [0.1, 0.15) is 0 Å². The highest BCUT2D eigenvalue weighted by atomic mass is 79.9. The highest BCUT2D eigenvalue weighted by Crippen LogP contribution is 2.50. The van der Waals surface area contributed by atoms with Crippen LogP contribution in [0.3, 0.4) is 0 Å². The van der Waals surface area contributed by atoms with E-state index in [4.69, 9.17) is 0 Å². The summed E-state index contributed by atoms with van der Waals surface area (Å²) in [6, 6.07) is 0. The van der Waals surface area contributed by atoms with Gasteiger partial charge in [-0.1, -0.05) is 36.7 Å². The van der Waals surface area contributed by atoms with Crippen molar-refractivity contribution in [1.29, 1.82) is 0 Å². The molecule has 1 aliphatic rings. The molecule has 1 aromatic rings. The van der Waals surface area contributed by atoms with Crippen molar-refractivity contribution in [3.05, 3.63) is 17.5 Å². The molecule has 0 spiro atoms. The van der Waals surface area contributed by atoms with E-state index < -0.39 is 0 Å². The number of alkyl halides is 1. The van der Waals surface area contributed by atoms with Gasteiger partial charge in [-0.15, -0.1) is 0 Å². The van der Waals surface area contributed by atoms with E-state index >= 15 is 0 Å². The average molecular weight is 271 g/mol. The van der Waals surface area contributed by atoms with Gasteiger partial charge < -0.3 is 0 Å². The summed E-state index contributed by atoms with van der Waals surface area (Å²) < 4.78 is 1.96. The van der Waals surface area contributed by atoms with Crippen molar-refractivity contribution in [2.24, 2.45) is 13.0 Å². The van der Waals surface area contributed by atoms with E-state index in [-0.39, 0.29) is 5.41 Å². The summed E-state index contributed by atoms with van der Waals surface area (Å²) in [5, 5.41) is 5.73. The Labute approximate surface area is 100 Å². The Morgan fingerprint density at radius 2 is 2.20 bits per heavy atom. The lowest BCUT2D eigenvalue weighted by molar-refractivity contribution is 0.547. The second-order valence-electron chi connectivity index (χ2n) is 5.61. The summed E-state index contributed by atoms with van der Waals surface area (Å²) in [5.74, 6) is 1.57. The number of aromatic nitrogens is 2. The topological polar surface area (TPSA) is 17.8 Å². The summed E-state index contributed by atoms with van der Waals surface area (Å²) in [6.45, 7) is 6.72. The first-order chi connectivity index (χ1) is 6.93. The van der Waals surface area contributed by atoms with Crippen molar-refractivity contribution in [2.45, 2.75) is 38.5 Å². The number of hydrogen-bond acceptors (Lipinski definition) is 1. The first kappa shape index (κ1) is 11.2. The van der Waals surface area contributed by atoms with E-state index in [1.807, 2.05) is 11.7 Å². The minimum atomic E-state index is 0.163. The SMILES string of the molecule is Cn1cc(C2CC2CBr)c(C(C)(C)C)n1. The van der Waals surface area contributed by atoms with Crippen LogP contribution in [0.1, 0.15) is 44.4 Å². The summed E-state index contributed by atoms with van der Waals surface area (Å²) in [6.07, 6.45) is 3.52. The first-order valence-electron chi connectivity index (χ1n) is 5.53. The maximum atomic E-state index is 4.61. The van der Waals surface area contributed by atoms with Crippen LogP contribution in [-0.2, 0) is 12.5 Å². The first-order valence-corrected chi connectivity index (χ1v) is 6.65. The molecular weight excluding hydrogens is 252 g/mol. The third-order valence-corrected chi connectivity index (χ3v) is 3.92. The zero-order valence-corrected chi connectivity index (χ0v) is 11.5. The van der Waals surface area contributed by atoms with Gasteiger partial charge in [0.25, 0.3) is 0 Å². The van der Waals surface area contributed by atoms with Crippen LogP contribution in [0.2, 0.25) is 0 Å². The van der Waals surface area contributed by atoms with E-state index in [2.05, 4.69) is 48.0 Å². The summed E-state index contributed by atoms with van der Waals surface area (Å²) in [4.78, 5) is 0. The number of hydrogen-bond donors (Lipinski definition) is 0. The molecule has 2 rings (SSSR count). The Morgan fingerprint density at radius 3 is 2.67 bits per heavy atom. The van der Waals surface area contributed by atoms with Gasteiger partial charge in [0, 0.05) is 24.0 Å². The number of halogens is 1. The van der Waals surface area contributed by atoms with Gasteiger partial charge in [0.15, 0.2) is 0 Å². The smallest absolute Gasteiger partial charge is 0.0712 e. The standard InChI is InChI=1S/C12H19BrN2/c1-12(2,3)11-10(7-15(4)14-11)9-5-8(9)6-13/h7-9H,5-6H2,1-4H3. The fraction of sp³-hybridized carbons (Fsp3) is 0.750. The lowest BCUT2D eigenvalue weighted by Gasteiger charge is -2.17. The molecule has 2 atom stereocenters. The predicted molar refractivity (Wildman–Crippen MR) is 66.6 cm³/mol. The van der Waals surface area contributed by atoms with Gasteiger partial charge in [-0.25, -0.2) is 0 Å². The van der Waals surface area contributed by atoms with Crippen molar-refractivity contribution in [3.8, 4) is 0 Å². The van der Waals surface area contributed by atoms with Gasteiger partial charge in [0.2, 0.25) is 0 Å². The van der Waals surface area contributed by atoms with Crippen molar-refractivity contribution in [2.75, 3.05) is 5.33 Å². The quantitative estimate of drug-likeness (QED) is 0.755. The van der Waals surface area contributed by atoms with E-state index in [0.29, 0.717) is 0 Å². The Balaban J connectivity index is 2.31. The maximum Gasteiger partial charge on any atom is 0.0712 e. The van der Waals surface area contributed by atoms with Crippen LogP contribution in [0.25, 0.3) is 0 Å². The molecule has 1 aliphatic carbocycles. The van der Waals surface area contributed by atoms with Crippen LogP contribution in [-0.4, -0.2) is 15.1 Å². The largest absolute Gasteiger partial charge is 0.275 e. The lowest BCUT2D eigenvalue weighted by Crippen LogP contribution is -2.14. The molecule has 84 valence electrons. The maximum absolute atomic E-state index is 4.61. The number of aryl methyl sites for hydroxylation is 1. The number of rotatable bonds is 2. The molecule has 1 heterocycles. The predicted octanol–water partition coefficient (Wildman–Crippen LogP) is 3.22. The van der Waals surface area contributed by atoms with E-state index in [1.54, 1.807) is 0 Å². The highest BCUT2D eigenvalue weighted by Gasteiger charge is 2.41. The Hall–Kier alpha value is -0.310. The summed E-state index contributed by atoms with van der Waals surface area (Å²) in [7, 11) is 2.02. The molecule has 0 radical (unpaired) electrons. The molecule has 0 aliphatic heterocycles. The molecule has 1 fully saturated rings. The van der Waals surface area contributed by atoms with Crippen molar-refractivity contribution in [1.82, 2.24) is 9.78 Å². The molecule has 0 amide bonds. The van der Waals surface area contributed by atoms with Crippen molar-refractivity contribution < 1.29 is 0 Å². The molecule has 0 bridgehead atoms. The minimum absolute atomic E-state index is 0.163. The van der Waals surface area contributed by atoms with Gasteiger partial charge in [-0.05, 0) is 23.8 Å². The van der Waals surface area contributed by atoms with Gasteiger partial charge >= 0.3 is 0 Å². The fourth-order valence-corrected chi connectivity index (χ4v) is 2.88. The second kappa shape index (κ2) is 3.62. The van der Waals surface area contributed by atoms with Crippen LogP contribution >= 0.6 is 15.9 Å². The zero-order chi connectivity index (χ0) is 11.2. The molecule has 1 saturated carbocycles. The van der Waals surface area contributed by atoms with Crippen LogP contribution < -0.4 is 0 Å². The third-order valence-electron chi connectivity index (χ3n) is 3.09. The zero-order valence-electron chi connectivity index (χ0n) is 9.92. The van der Waals surface area contributed by atoms with E-state index in [9.17, 15) is 0 Å². The van der Waals surface area contributed by atoms with Crippen LogP contribution in [0.15, 0.2) is 6.20 Å². The highest BCUT2D eigenvalue weighted by molar-refractivity contribution is 9.09.